The van der Waals surface area contributed by atoms with Crippen molar-refractivity contribution in [1.29, 1.82) is 0 Å². The van der Waals surface area contributed by atoms with Gasteiger partial charge >= 0.3 is 5.97 Å². The lowest BCUT2D eigenvalue weighted by Crippen LogP contribution is -2.45. The Morgan fingerprint density at radius 2 is 1.83 bits per heavy atom. The van der Waals surface area contributed by atoms with E-state index in [2.05, 4.69) is 0 Å². The first kappa shape index (κ1) is 26.8. The van der Waals surface area contributed by atoms with Crippen molar-refractivity contribution in [2.45, 2.75) is 43.9 Å². The summed E-state index contributed by atoms with van der Waals surface area (Å²) in [6.07, 6.45) is -4.40. The third-order valence-electron chi connectivity index (χ3n) is 5.35. The summed E-state index contributed by atoms with van der Waals surface area (Å²) in [5.41, 5.74) is 0.846. The number of carboxylic acid groups (broad SMARTS) is 1. The summed E-state index contributed by atoms with van der Waals surface area (Å²) in [6, 6.07) is 12.7. The topological polar surface area (TPSA) is 164 Å². The summed E-state index contributed by atoms with van der Waals surface area (Å²) in [5.74, 6) is -1.88. The zero-order valence-electron chi connectivity index (χ0n) is 19.1. The van der Waals surface area contributed by atoms with Crippen LogP contribution in [0.2, 0.25) is 0 Å². The molecule has 5 atom stereocenters. The van der Waals surface area contributed by atoms with E-state index >= 15 is 0 Å². The first-order valence-electron chi connectivity index (χ1n) is 11.0. The second kappa shape index (κ2) is 12.3. The Morgan fingerprint density at radius 3 is 2.46 bits per heavy atom. The fourth-order valence-corrected chi connectivity index (χ4v) is 3.47. The number of hydrogen-bond donors (Lipinski definition) is 5. The predicted molar refractivity (Wildman–Crippen MR) is 120 cm³/mol. The van der Waals surface area contributed by atoms with Gasteiger partial charge in [0.05, 0.1) is 32.0 Å². The summed E-state index contributed by atoms with van der Waals surface area (Å²) >= 11 is 0. The molecule has 0 aliphatic carbocycles. The molecule has 2 aromatic carbocycles. The lowest BCUT2D eigenvalue weighted by Gasteiger charge is -2.28. The maximum absolute atomic E-state index is 11.1. The molecule has 1 fully saturated rings. The van der Waals surface area contributed by atoms with Crippen LogP contribution in [0.15, 0.2) is 48.5 Å². The van der Waals surface area contributed by atoms with E-state index in [9.17, 15) is 20.1 Å². The van der Waals surface area contributed by atoms with E-state index in [1.807, 2.05) is 0 Å². The number of carbonyl (C=O) groups is 1. The van der Waals surface area contributed by atoms with Crippen molar-refractivity contribution in [3.63, 3.8) is 0 Å². The standard InChI is InChI=1S/C24H30O11/c1-24(22(28)21(27)19(12-26)35-24)34-17-7-5-15(6-8-17)13-33-20(31-10-9-25)14-32-18-4-2-3-16(11-18)23(29)30/h2-8,11,19-22,25-28H,9-10,12-14H2,1H3,(H,29,30)/t19?,20?,21?,22?,24-/m1/s1. The monoisotopic (exact) mass is 494 g/mol. The summed E-state index contributed by atoms with van der Waals surface area (Å²) < 4.78 is 28.0. The first-order chi connectivity index (χ1) is 16.8. The Hall–Kier alpha value is -2.77. The van der Waals surface area contributed by atoms with Gasteiger partial charge in [-0.25, -0.2) is 4.79 Å². The van der Waals surface area contributed by atoms with Crippen LogP contribution < -0.4 is 9.47 Å². The highest BCUT2D eigenvalue weighted by molar-refractivity contribution is 5.87. The second-order valence-corrected chi connectivity index (χ2v) is 8.02. The maximum Gasteiger partial charge on any atom is 0.335 e. The van der Waals surface area contributed by atoms with Crippen molar-refractivity contribution in [3.8, 4) is 11.5 Å². The van der Waals surface area contributed by atoms with Crippen LogP contribution in [0.1, 0.15) is 22.8 Å². The molecule has 1 aliphatic rings. The van der Waals surface area contributed by atoms with Crippen LogP contribution in [-0.4, -0.2) is 88.3 Å². The highest BCUT2D eigenvalue weighted by Crippen LogP contribution is 2.33. The van der Waals surface area contributed by atoms with Gasteiger partial charge in [-0.05, 0) is 35.9 Å². The molecule has 35 heavy (non-hydrogen) atoms. The third-order valence-corrected chi connectivity index (χ3v) is 5.35. The molecule has 0 spiro atoms. The van der Waals surface area contributed by atoms with E-state index in [0.29, 0.717) is 11.5 Å². The Balaban J connectivity index is 1.55. The van der Waals surface area contributed by atoms with Gasteiger partial charge in [0, 0.05) is 6.92 Å². The van der Waals surface area contributed by atoms with Gasteiger partial charge in [0.25, 0.3) is 0 Å². The molecule has 11 nitrogen and oxygen atoms in total. The lowest BCUT2D eigenvalue weighted by atomic mass is 10.1. The van der Waals surface area contributed by atoms with E-state index in [4.69, 9.17) is 33.9 Å². The van der Waals surface area contributed by atoms with Gasteiger partial charge < -0.3 is 49.2 Å². The van der Waals surface area contributed by atoms with E-state index in [1.165, 1.54) is 19.1 Å². The molecule has 0 saturated carbocycles. The van der Waals surface area contributed by atoms with Gasteiger partial charge in [-0.15, -0.1) is 0 Å². The van der Waals surface area contributed by atoms with Crippen molar-refractivity contribution in [2.24, 2.45) is 0 Å². The molecular formula is C24H30O11. The molecule has 1 heterocycles. The fourth-order valence-electron chi connectivity index (χ4n) is 3.47. The van der Waals surface area contributed by atoms with Crippen molar-refractivity contribution < 1.29 is 54.0 Å². The lowest BCUT2D eigenvalue weighted by molar-refractivity contribution is -0.199. The zero-order chi connectivity index (χ0) is 25.4. The molecule has 0 aromatic heterocycles. The van der Waals surface area contributed by atoms with Crippen LogP contribution in [0, 0.1) is 0 Å². The van der Waals surface area contributed by atoms with Crippen molar-refractivity contribution in [3.05, 3.63) is 59.7 Å². The molecule has 3 rings (SSSR count). The SMILES string of the molecule is C[C@@]1(Oc2ccc(COC(COc3cccc(C(=O)O)c3)OCCO)cc2)OC(CO)C(O)C1O. The molecule has 4 unspecified atom stereocenters. The van der Waals surface area contributed by atoms with Gasteiger partial charge in [-0.1, -0.05) is 18.2 Å². The molecule has 2 aromatic rings. The Kier molecular flexibility index (Phi) is 9.40. The van der Waals surface area contributed by atoms with Crippen LogP contribution in [0.25, 0.3) is 0 Å². The van der Waals surface area contributed by atoms with Crippen molar-refractivity contribution in [1.82, 2.24) is 0 Å². The zero-order valence-corrected chi connectivity index (χ0v) is 19.1. The summed E-state index contributed by atoms with van der Waals surface area (Å²) in [6.45, 7) is 0.934. The van der Waals surface area contributed by atoms with Crippen molar-refractivity contribution in [2.75, 3.05) is 26.4 Å². The van der Waals surface area contributed by atoms with E-state index in [1.54, 1.807) is 36.4 Å². The summed E-state index contributed by atoms with van der Waals surface area (Å²) in [4.78, 5) is 11.1. The second-order valence-electron chi connectivity index (χ2n) is 8.02. The fraction of sp³-hybridized carbons (Fsp3) is 0.458. The smallest absolute Gasteiger partial charge is 0.335 e. The average molecular weight is 494 g/mol. The highest BCUT2D eigenvalue weighted by atomic mass is 16.7. The minimum absolute atomic E-state index is 0.0254. The minimum atomic E-state index is -1.52. The van der Waals surface area contributed by atoms with Crippen LogP contribution in [0.5, 0.6) is 11.5 Å². The van der Waals surface area contributed by atoms with Crippen LogP contribution in [-0.2, 0) is 20.8 Å². The highest BCUT2D eigenvalue weighted by Gasteiger charge is 2.53. The molecule has 1 aliphatic heterocycles. The quantitative estimate of drug-likeness (QED) is 0.247. The molecule has 1 saturated heterocycles. The molecule has 5 N–H and O–H groups in total. The summed E-state index contributed by atoms with van der Waals surface area (Å²) in [5, 5.41) is 47.6. The molecule has 0 bridgehead atoms. The number of aliphatic hydroxyl groups is 4. The maximum atomic E-state index is 11.1. The van der Waals surface area contributed by atoms with Crippen LogP contribution >= 0.6 is 0 Å². The first-order valence-corrected chi connectivity index (χ1v) is 11.0. The number of carboxylic acids is 1. The van der Waals surface area contributed by atoms with Gasteiger partial charge in [-0.3, -0.25) is 0 Å². The molecular weight excluding hydrogens is 464 g/mol. The Labute approximate surface area is 202 Å². The van der Waals surface area contributed by atoms with Gasteiger partial charge in [0.15, 0.2) is 6.29 Å². The Morgan fingerprint density at radius 1 is 1.09 bits per heavy atom. The van der Waals surface area contributed by atoms with E-state index in [-0.39, 0.29) is 32.0 Å². The largest absolute Gasteiger partial charge is 0.488 e. The summed E-state index contributed by atoms with van der Waals surface area (Å²) in [7, 11) is 0. The van der Waals surface area contributed by atoms with Gasteiger partial charge in [0.1, 0.15) is 36.4 Å². The van der Waals surface area contributed by atoms with Gasteiger partial charge in [-0.2, -0.15) is 0 Å². The number of rotatable bonds is 13. The number of aromatic carboxylic acids is 1. The van der Waals surface area contributed by atoms with E-state index < -0.39 is 43.0 Å². The molecule has 192 valence electrons. The number of ether oxygens (including phenoxy) is 5. The molecule has 0 radical (unpaired) electrons. The minimum Gasteiger partial charge on any atom is -0.488 e. The van der Waals surface area contributed by atoms with Crippen LogP contribution in [0.3, 0.4) is 0 Å². The number of benzene rings is 2. The number of aliphatic hydroxyl groups excluding tert-OH is 4. The van der Waals surface area contributed by atoms with E-state index in [0.717, 1.165) is 5.56 Å². The number of hydrogen-bond acceptors (Lipinski definition) is 10. The predicted octanol–water partition coefficient (Wildman–Crippen LogP) is 0.523. The average Bonchev–Trinajstić information content (AvgIpc) is 3.08. The third kappa shape index (κ3) is 7.12. The molecule has 0 amide bonds. The molecule has 11 heteroatoms. The van der Waals surface area contributed by atoms with Crippen LogP contribution in [0.4, 0.5) is 0 Å². The van der Waals surface area contributed by atoms with Crippen molar-refractivity contribution >= 4 is 5.97 Å². The Bertz CT molecular complexity index is 951. The normalized spacial score (nSPS) is 24.8. The van der Waals surface area contributed by atoms with Gasteiger partial charge in [0.2, 0.25) is 5.79 Å².